The zero-order valence-corrected chi connectivity index (χ0v) is 16.5. The smallest absolute Gasteiger partial charge is 0.143 e. The van der Waals surface area contributed by atoms with Gasteiger partial charge in [-0.25, -0.2) is 8.51 Å². The monoisotopic (exact) mass is 355 g/mol. The van der Waals surface area contributed by atoms with E-state index >= 15 is 0 Å². The number of hydrogen-bond acceptors (Lipinski definition) is 4. The van der Waals surface area contributed by atoms with Crippen LogP contribution in [0.3, 0.4) is 0 Å². The lowest BCUT2D eigenvalue weighted by molar-refractivity contribution is 0.385. The van der Waals surface area contributed by atoms with Crippen LogP contribution < -0.4 is 15.4 Å². The van der Waals surface area contributed by atoms with Gasteiger partial charge in [0.2, 0.25) is 0 Å². The van der Waals surface area contributed by atoms with Gasteiger partial charge in [-0.05, 0) is 37.6 Å². The van der Waals surface area contributed by atoms with Crippen LogP contribution >= 0.6 is 0 Å². The predicted octanol–water partition coefficient (Wildman–Crippen LogP) is 3.25. The Balaban J connectivity index is 2.78. The van der Waals surface area contributed by atoms with Crippen molar-refractivity contribution >= 4 is 16.7 Å². The van der Waals surface area contributed by atoms with Gasteiger partial charge in [-0.2, -0.15) is 0 Å². The summed E-state index contributed by atoms with van der Waals surface area (Å²) in [5.41, 5.74) is 0.899. The molecular weight excluding hydrogens is 322 g/mol. The molecule has 24 heavy (non-hydrogen) atoms. The molecule has 0 spiro atoms. The molecule has 0 aliphatic carbocycles. The molecule has 6 heteroatoms. The molecule has 0 aliphatic heterocycles. The van der Waals surface area contributed by atoms with Crippen LogP contribution in [0.15, 0.2) is 23.1 Å². The van der Waals surface area contributed by atoms with Crippen molar-refractivity contribution in [3.63, 3.8) is 0 Å². The van der Waals surface area contributed by atoms with Crippen LogP contribution in [-0.4, -0.2) is 48.3 Å². The third-order valence-electron chi connectivity index (χ3n) is 4.09. The molecule has 2 atom stereocenters. The summed E-state index contributed by atoms with van der Waals surface area (Å²) < 4.78 is 20.3. The van der Waals surface area contributed by atoms with Crippen LogP contribution in [0.2, 0.25) is 0 Å². The fraction of sp³-hybridized carbons (Fsp3) is 0.667. The van der Waals surface area contributed by atoms with E-state index in [2.05, 4.69) is 31.4 Å². The van der Waals surface area contributed by atoms with Crippen molar-refractivity contribution in [1.29, 1.82) is 0 Å². The fourth-order valence-corrected chi connectivity index (χ4v) is 3.98. The lowest BCUT2D eigenvalue weighted by Gasteiger charge is -2.24. The van der Waals surface area contributed by atoms with Gasteiger partial charge in [-0.1, -0.05) is 27.2 Å². The minimum Gasteiger partial charge on any atom is -0.495 e. The maximum atomic E-state index is 12.9. The highest BCUT2D eigenvalue weighted by molar-refractivity contribution is 7.82. The van der Waals surface area contributed by atoms with E-state index in [0.29, 0.717) is 6.04 Å². The van der Waals surface area contributed by atoms with E-state index in [9.17, 15) is 4.21 Å². The van der Waals surface area contributed by atoms with E-state index < -0.39 is 11.0 Å². The van der Waals surface area contributed by atoms with Crippen LogP contribution in [0.4, 0.5) is 5.69 Å². The van der Waals surface area contributed by atoms with Gasteiger partial charge in [0.15, 0.2) is 0 Å². The predicted molar refractivity (Wildman–Crippen MR) is 103 cm³/mol. The van der Waals surface area contributed by atoms with Gasteiger partial charge in [-0.15, -0.1) is 0 Å². The summed E-state index contributed by atoms with van der Waals surface area (Å²) in [7, 11) is 2.31. The average Bonchev–Trinajstić information content (AvgIpc) is 2.61. The summed E-state index contributed by atoms with van der Waals surface area (Å²) >= 11 is 0. The maximum absolute atomic E-state index is 12.9. The molecule has 0 saturated heterocycles. The summed E-state index contributed by atoms with van der Waals surface area (Å²) in [6, 6.07) is 6.17. The Morgan fingerprint density at radius 3 is 2.54 bits per heavy atom. The highest BCUT2D eigenvalue weighted by Crippen LogP contribution is 2.27. The lowest BCUT2D eigenvalue weighted by Crippen LogP contribution is -2.35. The number of rotatable bonds is 12. The Hall–Kier alpha value is -1.11. The van der Waals surface area contributed by atoms with Crippen molar-refractivity contribution in [1.82, 2.24) is 9.62 Å². The van der Waals surface area contributed by atoms with Gasteiger partial charge in [0.25, 0.3) is 0 Å². The van der Waals surface area contributed by atoms with Gasteiger partial charge >= 0.3 is 0 Å². The molecule has 0 amide bonds. The molecule has 5 nitrogen and oxygen atoms in total. The van der Waals surface area contributed by atoms with Crippen LogP contribution in [0.5, 0.6) is 5.75 Å². The first kappa shape index (κ1) is 20.9. The van der Waals surface area contributed by atoms with Crippen molar-refractivity contribution in [3.8, 4) is 5.75 Å². The maximum Gasteiger partial charge on any atom is 0.143 e. The Bertz CT molecular complexity index is 505. The number of hydrogen-bond donors (Lipinski definition) is 2. The minimum absolute atomic E-state index is 0.493. The summed E-state index contributed by atoms with van der Waals surface area (Å²) in [5, 5.41) is 6.60. The zero-order valence-electron chi connectivity index (χ0n) is 15.7. The Labute approximate surface area is 149 Å². The van der Waals surface area contributed by atoms with Gasteiger partial charge in [-0.3, -0.25) is 0 Å². The average molecular weight is 356 g/mol. The Morgan fingerprint density at radius 1 is 1.25 bits per heavy atom. The van der Waals surface area contributed by atoms with Crippen molar-refractivity contribution < 1.29 is 8.95 Å². The first-order valence-corrected chi connectivity index (χ1v) is 9.97. The normalized spacial score (nSPS) is 13.8. The number of methoxy groups -OCH3 is 1. The van der Waals surface area contributed by atoms with Gasteiger partial charge in [0.05, 0.1) is 17.7 Å². The number of ether oxygens (including phenoxy) is 1. The topological polar surface area (TPSA) is 53.6 Å². The van der Waals surface area contributed by atoms with Gasteiger partial charge in [0, 0.05) is 26.2 Å². The Morgan fingerprint density at radius 2 is 2.00 bits per heavy atom. The SMILES string of the molecule is CCCC(CCN(CC)S(=O)c1ccc(NC)c(OC)c1)NCC. The quantitative estimate of drug-likeness (QED) is 0.604. The highest BCUT2D eigenvalue weighted by atomic mass is 32.2. The third kappa shape index (κ3) is 6.07. The number of nitrogens with one attached hydrogen (secondary N) is 2. The molecule has 1 aromatic carbocycles. The van der Waals surface area contributed by atoms with E-state index in [1.54, 1.807) is 7.11 Å². The largest absolute Gasteiger partial charge is 0.495 e. The molecule has 1 aromatic rings. The summed E-state index contributed by atoms with van der Waals surface area (Å²) in [4.78, 5) is 0.781. The molecule has 2 unspecified atom stereocenters. The summed E-state index contributed by atoms with van der Waals surface area (Å²) in [6.07, 6.45) is 3.32. The molecule has 0 bridgehead atoms. The standard InChI is InChI=1S/C18H33N3O2S/c1-6-9-15(20-7-2)12-13-21(8-3)24(22)16-10-11-17(19-4)18(14-16)23-5/h10-11,14-15,19-20H,6-9,12-13H2,1-5H3. The lowest BCUT2D eigenvalue weighted by atomic mass is 10.1. The molecule has 0 radical (unpaired) electrons. The summed E-state index contributed by atoms with van der Waals surface area (Å²) in [6.45, 7) is 8.94. The van der Waals surface area contributed by atoms with Crippen molar-refractivity contribution in [3.05, 3.63) is 18.2 Å². The molecule has 2 N–H and O–H groups in total. The van der Waals surface area contributed by atoms with E-state index in [-0.39, 0.29) is 0 Å². The summed E-state index contributed by atoms with van der Waals surface area (Å²) in [5.74, 6) is 0.718. The second-order valence-corrected chi connectivity index (χ2v) is 7.20. The molecule has 1 rings (SSSR count). The molecule has 0 heterocycles. The minimum atomic E-state index is -1.17. The molecule has 0 aliphatic rings. The van der Waals surface area contributed by atoms with E-state index in [0.717, 1.165) is 55.2 Å². The van der Waals surface area contributed by atoms with Crippen LogP contribution in [0.25, 0.3) is 0 Å². The first-order valence-electron chi connectivity index (χ1n) is 8.87. The first-order chi connectivity index (χ1) is 11.6. The Kier molecular flexibility index (Phi) is 9.98. The van der Waals surface area contributed by atoms with Gasteiger partial charge < -0.3 is 15.4 Å². The van der Waals surface area contributed by atoms with Crippen molar-refractivity contribution in [2.45, 2.75) is 51.0 Å². The van der Waals surface area contributed by atoms with Crippen LogP contribution in [-0.2, 0) is 11.0 Å². The van der Waals surface area contributed by atoms with E-state index in [1.807, 2.05) is 29.6 Å². The van der Waals surface area contributed by atoms with Gasteiger partial charge in [0.1, 0.15) is 16.7 Å². The van der Waals surface area contributed by atoms with E-state index in [1.165, 1.54) is 0 Å². The fourth-order valence-electron chi connectivity index (χ4n) is 2.78. The zero-order chi connectivity index (χ0) is 17.9. The van der Waals surface area contributed by atoms with Crippen LogP contribution in [0, 0.1) is 0 Å². The van der Waals surface area contributed by atoms with Crippen LogP contribution in [0.1, 0.15) is 40.0 Å². The van der Waals surface area contributed by atoms with E-state index in [4.69, 9.17) is 4.74 Å². The number of benzene rings is 1. The molecule has 138 valence electrons. The molecule has 0 fully saturated rings. The molecule has 0 aromatic heterocycles. The molecule has 0 saturated carbocycles. The van der Waals surface area contributed by atoms with Crippen molar-refractivity contribution in [2.24, 2.45) is 0 Å². The molecular formula is C18H33N3O2S. The van der Waals surface area contributed by atoms with Crippen molar-refractivity contribution in [2.75, 3.05) is 39.1 Å². The second-order valence-electron chi connectivity index (χ2n) is 5.71. The highest BCUT2D eigenvalue weighted by Gasteiger charge is 2.17. The number of nitrogens with zero attached hydrogens (tertiary/aromatic N) is 1. The second kappa shape index (κ2) is 11.4. The third-order valence-corrected chi connectivity index (χ3v) is 5.66. The number of anilines is 1.